The van der Waals surface area contributed by atoms with Crippen LogP contribution in [0.4, 0.5) is 5.69 Å². The molecule has 9 heteroatoms. The van der Waals surface area contributed by atoms with E-state index in [0.717, 1.165) is 15.9 Å². The van der Waals surface area contributed by atoms with E-state index in [-0.39, 0.29) is 11.7 Å². The zero-order chi connectivity index (χ0) is 20.1. The molecule has 4 rings (SSSR count). The molecule has 0 radical (unpaired) electrons. The van der Waals surface area contributed by atoms with Crippen LogP contribution in [0.3, 0.4) is 0 Å². The van der Waals surface area contributed by atoms with Crippen molar-refractivity contribution in [2.24, 2.45) is 0 Å². The van der Waals surface area contributed by atoms with E-state index in [0.29, 0.717) is 23.2 Å². The number of halogens is 1. The number of benzene rings is 1. The number of thioether (sulfide) groups is 1. The molecule has 29 heavy (non-hydrogen) atoms. The zero-order valence-electron chi connectivity index (χ0n) is 15.2. The molecule has 146 valence electrons. The van der Waals surface area contributed by atoms with Gasteiger partial charge in [0.05, 0.1) is 18.6 Å². The Balaban J connectivity index is 1.52. The molecule has 0 fully saturated rings. The number of anilines is 1. The number of aromatic nitrogens is 4. The van der Waals surface area contributed by atoms with Crippen LogP contribution in [0.15, 0.2) is 81.1 Å². The van der Waals surface area contributed by atoms with E-state index in [1.54, 1.807) is 12.5 Å². The lowest BCUT2D eigenvalue weighted by atomic mass is 10.3. The maximum Gasteiger partial charge on any atom is 0.234 e. The van der Waals surface area contributed by atoms with Crippen LogP contribution in [0.1, 0.15) is 5.76 Å². The molecular formula is C20H16BrN5O2S. The summed E-state index contributed by atoms with van der Waals surface area (Å²) < 4.78 is 8.28. The first-order valence-electron chi connectivity index (χ1n) is 8.74. The first-order valence-corrected chi connectivity index (χ1v) is 10.5. The summed E-state index contributed by atoms with van der Waals surface area (Å²) in [4.78, 5) is 16.7. The molecule has 0 bridgehead atoms. The smallest absolute Gasteiger partial charge is 0.234 e. The molecule has 0 saturated carbocycles. The Morgan fingerprint density at radius 1 is 1.14 bits per heavy atom. The number of hydrogen-bond donors (Lipinski definition) is 1. The molecule has 0 saturated heterocycles. The van der Waals surface area contributed by atoms with Crippen LogP contribution in [0.25, 0.3) is 11.5 Å². The number of carbonyl (C=O) groups is 1. The van der Waals surface area contributed by atoms with Gasteiger partial charge in [-0.1, -0.05) is 39.8 Å². The van der Waals surface area contributed by atoms with Crippen LogP contribution < -0.4 is 5.32 Å². The third-order valence-electron chi connectivity index (χ3n) is 3.95. The number of amides is 1. The van der Waals surface area contributed by atoms with Gasteiger partial charge in [0.25, 0.3) is 0 Å². The van der Waals surface area contributed by atoms with Crippen molar-refractivity contribution < 1.29 is 9.21 Å². The number of furan rings is 1. The fraction of sp³-hybridized carbons (Fsp3) is 0.100. The Hall–Kier alpha value is -2.91. The van der Waals surface area contributed by atoms with Gasteiger partial charge >= 0.3 is 0 Å². The van der Waals surface area contributed by atoms with Gasteiger partial charge in [0.15, 0.2) is 11.0 Å². The normalized spacial score (nSPS) is 10.8. The second kappa shape index (κ2) is 9.06. The molecule has 7 nitrogen and oxygen atoms in total. The Bertz CT molecular complexity index is 1100. The highest BCUT2D eigenvalue weighted by atomic mass is 79.9. The summed E-state index contributed by atoms with van der Waals surface area (Å²) in [5, 5.41) is 12.1. The van der Waals surface area contributed by atoms with Crippen molar-refractivity contribution in [1.82, 2.24) is 19.7 Å². The van der Waals surface area contributed by atoms with Gasteiger partial charge in [0, 0.05) is 16.4 Å². The second-order valence-corrected chi connectivity index (χ2v) is 7.89. The summed E-state index contributed by atoms with van der Waals surface area (Å²) in [6.07, 6.45) is 3.33. The number of pyridine rings is 1. The van der Waals surface area contributed by atoms with Crippen LogP contribution in [0.2, 0.25) is 0 Å². The van der Waals surface area contributed by atoms with Gasteiger partial charge in [-0.05, 0) is 42.5 Å². The zero-order valence-corrected chi connectivity index (χ0v) is 17.6. The standard InChI is InChI=1S/C20H16BrN5O2S/c21-14-5-3-6-15(11-14)23-18(27)13-29-20-25-24-19(17-8-1-2-9-22-17)26(20)12-16-7-4-10-28-16/h1-11H,12-13H2,(H,23,27). The van der Waals surface area contributed by atoms with Gasteiger partial charge in [-0.25, -0.2) is 0 Å². The number of nitrogens with one attached hydrogen (secondary N) is 1. The molecule has 1 N–H and O–H groups in total. The van der Waals surface area contributed by atoms with Crippen molar-refractivity contribution in [2.75, 3.05) is 11.1 Å². The largest absolute Gasteiger partial charge is 0.467 e. The quantitative estimate of drug-likeness (QED) is 0.401. The van der Waals surface area contributed by atoms with E-state index < -0.39 is 0 Å². The number of nitrogens with zero attached hydrogens (tertiary/aromatic N) is 4. The molecule has 0 unspecified atom stereocenters. The molecule has 3 heterocycles. The van der Waals surface area contributed by atoms with E-state index in [4.69, 9.17) is 4.42 Å². The molecule has 0 aliphatic rings. The van der Waals surface area contributed by atoms with Crippen molar-refractivity contribution >= 4 is 39.3 Å². The fourth-order valence-electron chi connectivity index (χ4n) is 2.67. The van der Waals surface area contributed by atoms with Gasteiger partial charge in [0.1, 0.15) is 11.5 Å². The van der Waals surface area contributed by atoms with Gasteiger partial charge in [0.2, 0.25) is 5.91 Å². The van der Waals surface area contributed by atoms with Crippen molar-refractivity contribution in [3.8, 4) is 11.5 Å². The van der Waals surface area contributed by atoms with Crippen molar-refractivity contribution in [3.05, 3.63) is 77.3 Å². The number of hydrogen-bond acceptors (Lipinski definition) is 6. The average Bonchev–Trinajstić information content (AvgIpc) is 3.38. The second-order valence-electron chi connectivity index (χ2n) is 6.03. The third kappa shape index (κ3) is 4.93. The van der Waals surface area contributed by atoms with Crippen LogP contribution in [0, 0.1) is 0 Å². The summed E-state index contributed by atoms with van der Waals surface area (Å²) in [7, 11) is 0. The molecule has 0 atom stereocenters. The van der Waals surface area contributed by atoms with Gasteiger partial charge in [-0.15, -0.1) is 10.2 Å². The SMILES string of the molecule is O=C(CSc1nnc(-c2ccccn2)n1Cc1ccco1)Nc1cccc(Br)c1. The molecular weight excluding hydrogens is 454 g/mol. The van der Waals surface area contributed by atoms with E-state index in [1.165, 1.54) is 11.8 Å². The summed E-state index contributed by atoms with van der Waals surface area (Å²) in [5.74, 6) is 1.46. The van der Waals surface area contributed by atoms with Gasteiger partial charge in [-0.2, -0.15) is 0 Å². The lowest BCUT2D eigenvalue weighted by molar-refractivity contribution is -0.113. The number of carbonyl (C=O) groups excluding carboxylic acids is 1. The molecule has 1 aromatic carbocycles. The van der Waals surface area contributed by atoms with Gasteiger partial charge in [-0.3, -0.25) is 14.3 Å². The van der Waals surface area contributed by atoms with E-state index in [1.807, 2.05) is 59.2 Å². The molecule has 1 amide bonds. The minimum Gasteiger partial charge on any atom is -0.467 e. The lowest BCUT2D eigenvalue weighted by Crippen LogP contribution is -2.14. The van der Waals surface area contributed by atoms with Crippen LogP contribution in [0.5, 0.6) is 0 Å². The fourth-order valence-corrected chi connectivity index (χ4v) is 3.81. The summed E-state index contributed by atoms with van der Waals surface area (Å²) >= 11 is 4.71. The Labute approximate surface area is 179 Å². The molecule has 0 spiro atoms. The monoisotopic (exact) mass is 469 g/mol. The lowest BCUT2D eigenvalue weighted by Gasteiger charge is -2.09. The van der Waals surface area contributed by atoms with Gasteiger partial charge < -0.3 is 9.73 Å². The predicted molar refractivity (Wildman–Crippen MR) is 115 cm³/mol. The highest BCUT2D eigenvalue weighted by Crippen LogP contribution is 2.24. The maximum atomic E-state index is 12.4. The summed E-state index contributed by atoms with van der Waals surface area (Å²) in [5.41, 5.74) is 1.44. The first kappa shape index (κ1) is 19.4. The van der Waals surface area contributed by atoms with Crippen LogP contribution in [-0.2, 0) is 11.3 Å². The third-order valence-corrected chi connectivity index (χ3v) is 5.41. The Kier molecular flexibility index (Phi) is 6.06. The molecule has 3 aromatic heterocycles. The molecule has 0 aliphatic carbocycles. The minimum absolute atomic E-state index is 0.125. The van der Waals surface area contributed by atoms with E-state index in [9.17, 15) is 4.79 Å². The van der Waals surface area contributed by atoms with E-state index in [2.05, 4.69) is 36.4 Å². The molecule has 4 aromatic rings. The van der Waals surface area contributed by atoms with Crippen molar-refractivity contribution in [1.29, 1.82) is 0 Å². The maximum absolute atomic E-state index is 12.4. The minimum atomic E-state index is -0.125. The van der Waals surface area contributed by atoms with Crippen LogP contribution >= 0.6 is 27.7 Å². The highest BCUT2D eigenvalue weighted by Gasteiger charge is 2.17. The van der Waals surface area contributed by atoms with Crippen LogP contribution in [-0.4, -0.2) is 31.4 Å². The predicted octanol–water partition coefficient (Wildman–Crippen LogP) is 4.47. The summed E-state index contributed by atoms with van der Waals surface area (Å²) in [6, 6.07) is 16.8. The summed E-state index contributed by atoms with van der Waals surface area (Å²) in [6.45, 7) is 0.446. The topological polar surface area (TPSA) is 85.8 Å². The van der Waals surface area contributed by atoms with Crippen molar-refractivity contribution in [2.45, 2.75) is 11.7 Å². The first-order chi connectivity index (χ1) is 14.2. The Morgan fingerprint density at radius 3 is 2.83 bits per heavy atom. The Morgan fingerprint density at radius 2 is 2.07 bits per heavy atom. The average molecular weight is 470 g/mol. The molecule has 0 aliphatic heterocycles. The van der Waals surface area contributed by atoms with E-state index >= 15 is 0 Å². The highest BCUT2D eigenvalue weighted by molar-refractivity contribution is 9.10. The number of rotatable bonds is 7. The van der Waals surface area contributed by atoms with Crippen molar-refractivity contribution in [3.63, 3.8) is 0 Å².